The molecular formula is C17H21N7S. The monoisotopic (exact) mass is 355 g/mol. The van der Waals surface area contributed by atoms with Gasteiger partial charge in [-0.2, -0.15) is 0 Å². The molecule has 3 aromatic rings. The SMILES string of the molecule is Cc1nnc(N2CCN(c3ccc4ncnc(N(C)C)c4c3)CC2)s1. The number of rotatable bonds is 3. The lowest BCUT2D eigenvalue weighted by Gasteiger charge is -2.35. The van der Waals surface area contributed by atoms with E-state index < -0.39 is 0 Å². The van der Waals surface area contributed by atoms with Gasteiger partial charge in [0.15, 0.2) is 0 Å². The minimum Gasteiger partial charge on any atom is -0.368 e. The molecule has 0 unspecified atom stereocenters. The van der Waals surface area contributed by atoms with Crippen LogP contribution in [0, 0.1) is 6.92 Å². The maximum Gasteiger partial charge on any atom is 0.208 e. The normalized spacial score (nSPS) is 15.0. The van der Waals surface area contributed by atoms with Crippen LogP contribution in [0.4, 0.5) is 16.6 Å². The minimum absolute atomic E-state index is 0.954. The zero-order chi connectivity index (χ0) is 17.4. The second kappa shape index (κ2) is 6.44. The summed E-state index contributed by atoms with van der Waals surface area (Å²) in [6.07, 6.45) is 1.63. The molecule has 0 atom stereocenters. The minimum atomic E-state index is 0.954. The van der Waals surface area contributed by atoms with Gasteiger partial charge < -0.3 is 14.7 Å². The van der Waals surface area contributed by atoms with E-state index in [1.54, 1.807) is 17.7 Å². The Kier molecular flexibility index (Phi) is 4.12. The Morgan fingerprint density at radius 3 is 2.44 bits per heavy atom. The highest BCUT2D eigenvalue weighted by molar-refractivity contribution is 7.15. The molecule has 3 heterocycles. The topological polar surface area (TPSA) is 61.3 Å². The highest BCUT2D eigenvalue weighted by Crippen LogP contribution is 2.28. The molecule has 0 radical (unpaired) electrons. The van der Waals surface area contributed by atoms with Crippen molar-refractivity contribution in [1.29, 1.82) is 0 Å². The van der Waals surface area contributed by atoms with E-state index in [0.717, 1.165) is 53.0 Å². The van der Waals surface area contributed by atoms with Gasteiger partial charge >= 0.3 is 0 Å². The maximum atomic E-state index is 4.42. The number of benzene rings is 1. The van der Waals surface area contributed by atoms with E-state index in [1.807, 2.05) is 25.9 Å². The lowest BCUT2D eigenvalue weighted by molar-refractivity contribution is 0.650. The molecule has 1 aromatic carbocycles. The van der Waals surface area contributed by atoms with E-state index in [4.69, 9.17) is 0 Å². The van der Waals surface area contributed by atoms with Gasteiger partial charge in [0.1, 0.15) is 17.2 Å². The molecule has 2 aromatic heterocycles. The van der Waals surface area contributed by atoms with Gasteiger partial charge in [-0.25, -0.2) is 9.97 Å². The van der Waals surface area contributed by atoms with Crippen LogP contribution in [-0.2, 0) is 0 Å². The summed E-state index contributed by atoms with van der Waals surface area (Å²) < 4.78 is 0. The van der Waals surface area contributed by atoms with Gasteiger partial charge in [-0.15, -0.1) is 10.2 Å². The summed E-state index contributed by atoms with van der Waals surface area (Å²) in [5.41, 5.74) is 2.20. The third-order valence-corrected chi connectivity index (χ3v) is 5.35. The van der Waals surface area contributed by atoms with E-state index in [-0.39, 0.29) is 0 Å². The Bertz CT molecular complexity index is 884. The number of anilines is 3. The van der Waals surface area contributed by atoms with Crippen molar-refractivity contribution in [2.45, 2.75) is 6.92 Å². The predicted molar refractivity (Wildman–Crippen MR) is 103 cm³/mol. The molecule has 0 bridgehead atoms. The fraction of sp³-hybridized carbons (Fsp3) is 0.412. The van der Waals surface area contributed by atoms with Gasteiger partial charge in [0, 0.05) is 51.3 Å². The average Bonchev–Trinajstić information content (AvgIpc) is 3.07. The van der Waals surface area contributed by atoms with Crippen LogP contribution in [0.15, 0.2) is 24.5 Å². The van der Waals surface area contributed by atoms with E-state index in [0.29, 0.717) is 0 Å². The van der Waals surface area contributed by atoms with E-state index in [1.165, 1.54) is 5.69 Å². The summed E-state index contributed by atoms with van der Waals surface area (Å²) in [7, 11) is 4.02. The van der Waals surface area contributed by atoms with Crippen LogP contribution in [0.1, 0.15) is 5.01 Å². The number of fused-ring (bicyclic) bond motifs is 1. The van der Waals surface area contributed by atoms with E-state index in [2.05, 4.69) is 48.2 Å². The summed E-state index contributed by atoms with van der Waals surface area (Å²) in [4.78, 5) is 15.6. The molecule has 1 saturated heterocycles. The fourth-order valence-corrected chi connectivity index (χ4v) is 3.89. The van der Waals surface area contributed by atoms with E-state index >= 15 is 0 Å². The van der Waals surface area contributed by atoms with Crippen LogP contribution < -0.4 is 14.7 Å². The zero-order valence-corrected chi connectivity index (χ0v) is 15.5. The van der Waals surface area contributed by atoms with Crippen molar-refractivity contribution in [2.75, 3.05) is 55.0 Å². The summed E-state index contributed by atoms with van der Waals surface area (Å²) in [5, 5.41) is 11.5. The fourth-order valence-electron chi connectivity index (χ4n) is 3.15. The van der Waals surface area contributed by atoms with Crippen LogP contribution in [-0.4, -0.2) is 60.4 Å². The molecule has 1 aliphatic heterocycles. The van der Waals surface area contributed by atoms with Gasteiger partial charge in [-0.05, 0) is 25.1 Å². The molecule has 0 amide bonds. The highest BCUT2D eigenvalue weighted by atomic mass is 32.1. The Balaban J connectivity index is 1.55. The molecule has 8 heteroatoms. The summed E-state index contributed by atoms with van der Waals surface area (Å²) in [6.45, 7) is 5.85. The first-order valence-electron chi connectivity index (χ1n) is 8.34. The van der Waals surface area contributed by atoms with Crippen LogP contribution in [0.25, 0.3) is 10.9 Å². The van der Waals surface area contributed by atoms with Crippen LogP contribution >= 0.6 is 11.3 Å². The molecule has 7 nitrogen and oxygen atoms in total. The van der Waals surface area contributed by atoms with Gasteiger partial charge in [0.25, 0.3) is 0 Å². The molecule has 0 N–H and O–H groups in total. The van der Waals surface area contributed by atoms with E-state index in [9.17, 15) is 0 Å². The summed E-state index contributed by atoms with van der Waals surface area (Å²) in [5.74, 6) is 0.954. The van der Waals surface area contributed by atoms with Gasteiger partial charge in [0.2, 0.25) is 5.13 Å². The number of aromatic nitrogens is 4. The first-order chi connectivity index (χ1) is 12.1. The van der Waals surface area contributed by atoms with Gasteiger partial charge in [0.05, 0.1) is 5.52 Å². The molecule has 1 fully saturated rings. The van der Waals surface area contributed by atoms with Crippen LogP contribution in [0.5, 0.6) is 0 Å². The molecular weight excluding hydrogens is 334 g/mol. The average molecular weight is 355 g/mol. The van der Waals surface area contributed by atoms with Crippen LogP contribution in [0.3, 0.4) is 0 Å². The predicted octanol–water partition coefficient (Wildman–Crippen LogP) is 2.18. The molecule has 25 heavy (non-hydrogen) atoms. The lowest BCUT2D eigenvalue weighted by Crippen LogP contribution is -2.46. The zero-order valence-electron chi connectivity index (χ0n) is 14.7. The first-order valence-corrected chi connectivity index (χ1v) is 9.15. The number of aryl methyl sites for hydroxylation is 1. The Hall–Kier alpha value is -2.48. The Morgan fingerprint density at radius 1 is 1.00 bits per heavy atom. The van der Waals surface area contributed by atoms with Crippen molar-refractivity contribution < 1.29 is 0 Å². The number of hydrogen-bond acceptors (Lipinski definition) is 8. The van der Waals surface area contributed by atoms with Crippen molar-refractivity contribution in [3.63, 3.8) is 0 Å². The first kappa shape index (κ1) is 16.0. The van der Waals surface area contributed by atoms with Gasteiger partial charge in [-0.1, -0.05) is 11.3 Å². The number of hydrogen-bond donors (Lipinski definition) is 0. The third-order valence-electron chi connectivity index (χ3n) is 4.45. The van der Waals surface area contributed by atoms with Crippen LogP contribution in [0.2, 0.25) is 0 Å². The summed E-state index contributed by atoms with van der Waals surface area (Å²) >= 11 is 1.66. The van der Waals surface area contributed by atoms with Crippen molar-refractivity contribution in [3.05, 3.63) is 29.5 Å². The molecule has 0 saturated carbocycles. The standard InChI is InChI=1S/C17H21N7S/c1-12-20-21-17(25-12)24-8-6-23(7-9-24)13-4-5-15-14(10-13)16(22(2)3)19-11-18-15/h4-5,10-11H,6-9H2,1-3H3. The Labute approximate surface area is 150 Å². The van der Waals surface area contributed by atoms with Gasteiger partial charge in [-0.3, -0.25) is 0 Å². The quantitative estimate of drug-likeness (QED) is 0.713. The van der Waals surface area contributed by atoms with Crippen molar-refractivity contribution in [3.8, 4) is 0 Å². The molecule has 0 spiro atoms. The second-order valence-corrected chi connectivity index (χ2v) is 7.53. The van der Waals surface area contributed by atoms with Crippen molar-refractivity contribution >= 4 is 38.9 Å². The molecule has 130 valence electrons. The highest BCUT2D eigenvalue weighted by Gasteiger charge is 2.20. The maximum absolute atomic E-state index is 4.42. The van der Waals surface area contributed by atoms with Crippen molar-refractivity contribution in [1.82, 2.24) is 20.2 Å². The second-order valence-electron chi connectivity index (χ2n) is 6.37. The largest absolute Gasteiger partial charge is 0.368 e. The lowest BCUT2D eigenvalue weighted by atomic mass is 10.1. The number of piperazine rings is 1. The molecule has 0 aliphatic carbocycles. The van der Waals surface area contributed by atoms with Crippen molar-refractivity contribution in [2.24, 2.45) is 0 Å². The Morgan fingerprint density at radius 2 is 1.76 bits per heavy atom. The number of nitrogens with zero attached hydrogens (tertiary/aromatic N) is 7. The molecule has 1 aliphatic rings. The summed E-state index contributed by atoms with van der Waals surface area (Å²) in [6, 6.07) is 6.44. The third kappa shape index (κ3) is 3.09. The molecule has 4 rings (SSSR count). The smallest absolute Gasteiger partial charge is 0.208 e.